The maximum absolute atomic E-state index is 13.2. The Balaban J connectivity index is 1.54. The molecule has 0 unspecified atom stereocenters. The first kappa shape index (κ1) is 23.6. The highest BCUT2D eigenvalue weighted by molar-refractivity contribution is 8.00. The molecule has 176 valence electrons. The van der Waals surface area contributed by atoms with E-state index in [1.807, 2.05) is 0 Å². The number of rotatable bonds is 5. The van der Waals surface area contributed by atoms with Crippen LogP contribution in [0, 0.1) is 11.8 Å². The van der Waals surface area contributed by atoms with E-state index < -0.39 is 10.0 Å². The molecule has 3 aliphatic rings. The van der Waals surface area contributed by atoms with E-state index in [-0.39, 0.29) is 35.0 Å². The van der Waals surface area contributed by atoms with Crippen molar-refractivity contribution in [3.63, 3.8) is 0 Å². The number of fused-ring (bicyclic) bond motifs is 1. The van der Waals surface area contributed by atoms with Gasteiger partial charge in [-0.15, -0.1) is 11.8 Å². The van der Waals surface area contributed by atoms with Crippen LogP contribution < -0.4 is 10.2 Å². The van der Waals surface area contributed by atoms with Crippen molar-refractivity contribution in [2.45, 2.75) is 68.2 Å². The van der Waals surface area contributed by atoms with Crippen LogP contribution in [-0.2, 0) is 19.6 Å². The van der Waals surface area contributed by atoms with Gasteiger partial charge in [-0.25, -0.2) is 8.42 Å². The number of carbonyl (C=O) groups is 2. The molecule has 1 saturated heterocycles. The maximum atomic E-state index is 13.2. The summed E-state index contributed by atoms with van der Waals surface area (Å²) in [7, 11) is -3.63. The number of piperidine rings is 1. The zero-order chi connectivity index (χ0) is 22.9. The number of thioether (sulfide) groups is 1. The number of hydrogen-bond acceptors (Lipinski definition) is 5. The summed E-state index contributed by atoms with van der Waals surface area (Å²) in [6.07, 6.45) is 6.06. The highest BCUT2D eigenvalue weighted by atomic mass is 32.2. The second-order valence-corrected chi connectivity index (χ2v) is 12.4. The van der Waals surface area contributed by atoms with Gasteiger partial charge in [-0.2, -0.15) is 4.31 Å². The van der Waals surface area contributed by atoms with E-state index in [9.17, 15) is 18.0 Å². The van der Waals surface area contributed by atoms with Crippen molar-refractivity contribution >= 4 is 39.3 Å². The van der Waals surface area contributed by atoms with E-state index in [2.05, 4.69) is 19.2 Å². The molecule has 1 aliphatic carbocycles. The molecule has 1 N–H and O–H groups in total. The van der Waals surface area contributed by atoms with Crippen molar-refractivity contribution in [3.8, 4) is 0 Å². The van der Waals surface area contributed by atoms with Crippen LogP contribution >= 0.6 is 11.8 Å². The molecule has 1 aromatic carbocycles. The molecule has 32 heavy (non-hydrogen) atoms. The summed E-state index contributed by atoms with van der Waals surface area (Å²) < 4.78 is 28.0. The standard InChI is InChI=1S/C23H33N3O4S2/c1-16-9-11-25(12-10-16)32(29,30)18-7-8-21-20(13-18)26(23(28)15-31-21)14-22(27)24-19-6-4-3-5-17(19)2/h7-8,13,16-17,19H,3-6,9-12,14-15H2,1-2H3,(H,24,27)/t17-,19-/m0/s1. The van der Waals surface area contributed by atoms with Gasteiger partial charge >= 0.3 is 0 Å². The monoisotopic (exact) mass is 479 g/mol. The van der Waals surface area contributed by atoms with Gasteiger partial charge in [0.25, 0.3) is 0 Å². The van der Waals surface area contributed by atoms with E-state index in [1.165, 1.54) is 27.4 Å². The lowest BCUT2D eigenvalue weighted by Gasteiger charge is -2.33. The summed E-state index contributed by atoms with van der Waals surface area (Å²) in [5.41, 5.74) is 0.518. The zero-order valence-corrected chi connectivity index (χ0v) is 20.5. The number of nitrogens with one attached hydrogen (secondary N) is 1. The van der Waals surface area contributed by atoms with Crippen molar-refractivity contribution in [1.82, 2.24) is 9.62 Å². The second-order valence-electron chi connectivity index (χ2n) is 9.42. The van der Waals surface area contributed by atoms with Crippen LogP contribution in [0.4, 0.5) is 5.69 Å². The normalized spacial score (nSPS) is 25.4. The number of sulfonamides is 1. The Morgan fingerprint density at radius 3 is 2.56 bits per heavy atom. The van der Waals surface area contributed by atoms with Crippen LogP contribution in [0.5, 0.6) is 0 Å². The topological polar surface area (TPSA) is 86.8 Å². The molecule has 4 rings (SSSR count). The third-order valence-corrected chi connectivity index (χ3v) is 9.96. The molecule has 0 aromatic heterocycles. The molecule has 2 heterocycles. The number of hydrogen-bond donors (Lipinski definition) is 1. The highest BCUT2D eigenvalue weighted by Crippen LogP contribution is 2.38. The third kappa shape index (κ3) is 4.99. The molecule has 1 saturated carbocycles. The Morgan fingerprint density at radius 2 is 1.84 bits per heavy atom. The van der Waals surface area contributed by atoms with Gasteiger partial charge in [-0.3, -0.25) is 9.59 Å². The average molecular weight is 480 g/mol. The summed E-state index contributed by atoms with van der Waals surface area (Å²) in [6.45, 7) is 5.24. The summed E-state index contributed by atoms with van der Waals surface area (Å²) in [5.74, 6) is 0.844. The largest absolute Gasteiger partial charge is 0.352 e. The molecule has 9 heteroatoms. The molecule has 7 nitrogen and oxygen atoms in total. The molecule has 0 bridgehead atoms. The van der Waals surface area contributed by atoms with Crippen LogP contribution in [0.25, 0.3) is 0 Å². The first-order valence-electron chi connectivity index (χ1n) is 11.6. The average Bonchev–Trinajstić information content (AvgIpc) is 2.77. The molecule has 2 fully saturated rings. The van der Waals surface area contributed by atoms with E-state index >= 15 is 0 Å². The Labute approximate surface area is 195 Å². The summed E-state index contributed by atoms with van der Waals surface area (Å²) in [6, 6.07) is 5.10. The summed E-state index contributed by atoms with van der Waals surface area (Å²) >= 11 is 1.39. The minimum absolute atomic E-state index is 0.0830. The van der Waals surface area contributed by atoms with Crippen molar-refractivity contribution in [1.29, 1.82) is 0 Å². The number of amides is 2. The van der Waals surface area contributed by atoms with Gasteiger partial charge in [0.15, 0.2) is 0 Å². The first-order chi connectivity index (χ1) is 15.3. The van der Waals surface area contributed by atoms with E-state index in [1.54, 1.807) is 18.2 Å². The van der Waals surface area contributed by atoms with Crippen LogP contribution in [-0.4, -0.2) is 56.0 Å². The van der Waals surface area contributed by atoms with Gasteiger partial charge in [0.2, 0.25) is 21.8 Å². The van der Waals surface area contributed by atoms with Gasteiger partial charge in [-0.05, 0) is 55.7 Å². The number of nitrogens with zero attached hydrogens (tertiary/aromatic N) is 2. The summed E-state index contributed by atoms with van der Waals surface area (Å²) in [5, 5.41) is 3.10. The molecule has 0 spiro atoms. The van der Waals surface area contributed by atoms with E-state index in [4.69, 9.17) is 0 Å². The van der Waals surface area contributed by atoms with Crippen molar-refractivity contribution in [2.75, 3.05) is 30.3 Å². The van der Waals surface area contributed by atoms with Crippen LogP contribution in [0.3, 0.4) is 0 Å². The van der Waals surface area contributed by atoms with E-state index in [0.29, 0.717) is 30.6 Å². The quantitative estimate of drug-likeness (QED) is 0.701. The van der Waals surface area contributed by atoms with Crippen molar-refractivity contribution < 1.29 is 18.0 Å². The molecule has 2 aliphatic heterocycles. The fourth-order valence-electron chi connectivity index (χ4n) is 4.82. The third-order valence-electron chi connectivity index (χ3n) is 7.01. The maximum Gasteiger partial charge on any atom is 0.243 e. The SMILES string of the molecule is CC1CCN(S(=O)(=O)c2ccc3c(c2)N(CC(=O)N[C@H]2CCCC[C@@H]2C)C(=O)CS3)CC1. The lowest BCUT2D eigenvalue weighted by Crippen LogP contribution is -2.48. The lowest BCUT2D eigenvalue weighted by atomic mass is 9.86. The van der Waals surface area contributed by atoms with Gasteiger partial charge < -0.3 is 10.2 Å². The number of carbonyl (C=O) groups excluding carboxylic acids is 2. The predicted molar refractivity (Wildman–Crippen MR) is 126 cm³/mol. The molecule has 1 aromatic rings. The Kier molecular flexibility index (Phi) is 7.17. The van der Waals surface area contributed by atoms with Crippen LogP contribution in [0.15, 0.2) is 28.0 Å². The van der Waals surface area contributed by atoms with E-state index in [0.717, 1.165) is 37.0 Å². The Morgan fingerprint density at radius 1 is 1.12 bits per heavy atom. The fourth-order valence-corrected chi connectivity index (χ4v) is 7.22. The Hall–Kier alpha value is -1.58. The van der Waals surface area contributed by atoms with Gasteiger partial charge in [-0.1, -0.05) is 26.7 Å². The Bertz CT molecular complexity index is 973. The van der Waals surface area contributed by atoms with Gasteiger partial charge in [0.1, 0.15) is 6.54 Å². The zero-order valence-electron chi connectivity index (χ0n) is 18.9. The molecule has 2 atom stereocenters. The molecule has 2 amide bonds. The second kappa shape index (κ2) is 9.73. The smallest absolute Gasteiger partial charge is 0.243 e. The lowest BCUT2D eigenvalue weighted by molar-refractivity contribution is -0.123. The predicted octanol–water partition coefficient (Wildman–Crippen LogP) is 3.24. The minimum atomic E-state index is -3.63. The molecular weight excluding hydrogens is 446 g/mol. The first-order valence-corrected chi connectivity index (χ1v) is 14.0. The van der Waals surface area contributed by atoms with Crippen LogP contribution in [0.2, 0.25) is 0 Å². The van der Waals surface area contributed by atoms with Crippen molar-refractivity contribution in [3.05, 3.63) is 18.2 Å². The highest BCUT2D eigenvalue weighted by Gasteiger charge is 2.32. The number of benzene rings is 1. The summed E-state index contributed by atoms with van der Waals surface area (Å²) in [4.78, 5) is 28.0. The van der Waals surface area contributed by atoms with Crippen molar-refractivity contribution in [2.24, 2.45) is 11.8 Å². The fraction of sp³-hybridized carbons (Fsp3) is 0.652. The number of anilines is 1. The minimum Gasteiger partial charge on any atom is -0.352 e. The van der Waals surface area contributed by atoms with Gasteiger partial charge in [0.05, 0.1) is 16.3 Å². The molecular formula is C23H33N3O4S2. The van der Waals surface area contributed by atoms with Gasteiger partial charge in [0, 0.05) is 24.0 Å². The van der Waals surface area contributed by atoms with Crippen LogP contribution in [0.1, 0.15) is 52.4 Å². The molecule has 0 radical (unpaired) electrons.